The second kappa shape index (κ2) is 6.82. The van der Waals surface area contributed by atoms with Crippen molar-refractivity contribution < 1.29 is 14.6 Å². The first-order chi connectivity index (χ1) is 11.1. The molecule has 0 spiro atoms. The Labute approximate surface area is 137 Å². The van der Waals surface area contributed by atoms with Gasteiger partial charge in [0.05, 0.1) is 18.8 Å². The minimum absolute atomic E-state index is 0.0479. The molecule has 1 aliphatic rings. The lowest BCUT2D eigenvalue weighted by atomic mass is 10.1. The van der Waals surface area contributed by atoms with Gasteiger partial charge >= 0.3 is 0 Å². The summed E-state index contributed by atoms with van der Waals surface area (Å²) in [4.78, 5) is 0. The molecule has 0 amide bonds. The van der Waals surface area contributed by atoms with E-state index in [1.165, 1.54) is 5.56 Å². The van der Waals surface area contributed by atoms with Crippen LogP contribution in [0.3, 0.4) is 0 Å². The first-order valence-corrected chi connectivity index (χ1v) is 8.05. The summed E-state index contributed by atoms with van der Waals surface area (Å²) in [7, 11) is 0. The maximum Gasteiger partial charge on any atom is 0.146 e. The normalized spacial score (nSPS) is 16.4. The van der Waals surface area contributed by atoms with E-state index in [1.54, 1.807) is 12.1 Å². The van der Waals surface area contributed by atoms with Crippen molar-refractivity contribution in [2.45, 2.75) is 26.4 Å². The molecule has 2 N–H and O–H groups in total. The molecule has 4 nitrogen and oxygen atoms in total. The maximum absolute atomic E-state index is 9.56. The highest BCUT2D eigenvalue weighted by atomic mass is 16.5. The highest BCUT2D eigenvalue weighted by molar-refractivity contribution is 5.60. The van der Waals surface area contributed by atoms with Gasteiger partial charge in [-0.25, -0.2) is 0 Å². The number of phenolic OH excluding ortho intramolecular Hbond substituents is 1. The minimum atomic E-state index is 0.0479. The van der Waals surface area contributed by atoms with Crippen LogP contribution in [0.2, 0.25) is 0 Å². The molecular formula is C19H23NO3. The van der Waals surface area contributed by atoms with Gasteiger partial charge in [0.25, 0.3) is 0 Å². The zero-order valence-electron chi connectivity index (χ0n) is 13.6. The second-order valence-corrected chi connectivity index (χ2v) is 6.35. The van der Waals surface area contributed by atoms with Gasteiger partial charge in [-0.05, 0) is 35.7 Å². The number of nitrogens with one attached hydrogen (secondary N) is 1. The molecule has 1 heterocycles. The van der Waals surface area contributed by atoms with Crippen LogP contribution < -0.4 is 14.8 Å². The van der Waals surface area contributed by atoms with Gasteiger partial charge in [0.1, 0.15) is 23.4 Å². The molecular weight excluding hydrogens is 290 g/mol. The summed E-state index contributed by atoms with van der Waals surface area (Å²) in [5, 5.41) is 12.9. The number of aromatic hydroxyl groups is 1. The molecule has 1 unspecified atom stereocenters. The third kappa shape index (κ3) is 4.09. The Bertz CT molecular complexity index is 652. The lowest BCUT2D eigenvalue weighted by Gasteiger charge is -2.27. The average molecular weight is 313 g/mol. The highest BCUT2D eigenvalue weighted by Gasteiger charge is 2.19. The number of hydrogen-bond donors (Lipinski definition) is 2. The van der Waals surface area contributed by atoms with E-state index in [1.807, 2.05) is 18.2 Å². The maximum atomic E-state index is 9.56. The first kappa shape index (κ1) is 15.5. The lowest BCUT2D eigenvalue weighted by Crippen LogP contribution is -2.32. The summed E-state index contributed by atoms with van der Waals surface area (Å²) >= 11 is 0. The quantitative estimate of drug-likeness (QED) is 0.823. The van der Waals surface area contributed by atoms with E-state index >= 15 is 0 Å². The first-order valence-electron chi connectivity index (χ1n) is 8.05. The van der Waals surface area contributed by atoms with Crippen molar-refractivity contribution >= 4 is 5.69 Å². The van der Waals surface area contributed by atoms with E-state index in [0.29, 0.717) is 11.7 Å². The molecule has 3 rings (SSSR count). The van der Waals surface area contributed by atoms with E-state index < -0.39 is 0 Å². The van der Waals surface area contributed by atoms with Crippen LogP contribution in [-0.2, 0) is 6.42 Å². The molecule has 2 aromatic carbocycles. The van der Waals surface area contributed by atoms with Crippen molar-refractivity contribution in [2.75, 3.05) is 18.5 Å². The van der Waals surface area contributed by atoms with Gasteiger partial charge in [-0.2, -0.15) is 0 Å². The number of ether oxygens (including phenoxy) is 2. The monoisotopic (exact) mass is 313 g/mol. The van der Waals surface area contributed by atoms with Gasteiger partial charge in [-0.3, -0.25) is 0 Å². The van der Waals surface area contributed by atoms with Gasteiger partial charge in [0.2, 0.25) is 0 Å². The molecule has 0 aromatic heterocycles. The van der Waals surface area contributed by atoms with E-state index in [2.05, 4.69) is 31.3 Å². The lowest BCUT2D eigenvalue weighted by molar-refractivity contribution is 0.205. The van der Waals surface area contributed by atoms with Crippen LogP contribution >= 0.6 is 0 Å². The number of benzene rings is 2. The number of hydrogen-bond acceptors (Lipinski definition) is 4. The van der Waals surface area contributed by atoms with Crippen LogP contribution in [0.25, 0.3) is 0 Å². The molecule has 1 aliphatic heterocycles. The van der Waals surface area contributed by atoms with Crippen LogP contribution in [0.1, 0.15) is 19.4 Å². The van der Waals surface area contributed by atoms with E-state index in [9.17, 15) is 5.11 Å². The Morgan fingerprint density at radius 3 is 2.74 bits per heavy atom. The number of rotatable bonds is 5. The fraction of sp³-hybridized carbons (Fsp3) is 0.368. The summed E-state index contributed by atoms with van der Waals surface area (Å²) in [6, 6.07) is 13.3. The average Bonchev–Trinajstić information content (AvgIpc) is 2.54. The van der Waals surface area contributed by atoms with E-state index in [4.69, 9.17) is 9.47 Å². The Morgan fingerprint density at radius 2 is 2.00 bits per heavy atom. The minimum Gasteiger partial charge on any atom is -0.508 e. The topological polar surface area (TPSA) is 50.7 Å². The summed E-state index contributed by atoms with van der Waals surface area (Å²) in [6.07, 6.45) is 0.860. The Balaban J connectivity index is 1.59. The van der Waals surface area contributed by atoms with Crippen LogP contribution in [0.5, 0.6) is 17.2 Å². The Hall–Kier alpha value is -2.36. The molecule has 2 aromatic rings. The molecule has 0 bridgehead atoms. The van der Waals surface area contributed by atoms with E-state index in [0.717, 1.165) is 31.0 Å². The molecule has 4 heteroatoms. The summed E-state index contributed by atoms with van der Waals surface area (Å²) in [6.45, 7) is 5.76. The fourth-order valence-corrected chi connectivity index (χ4v) is 2.56. The molecule has 23 heavy (non-hydrogen) atoms. The van der Waals surface area contributed by atoms with Crippen LogP contribution in [0.4, 0.5) is 5.69 Å². The smallest absolute Gasteiger partial charge is 0.146 e. The van der Waals surface area contributed by atoms with Gasteiger partial charge in [0, 0.05) is 12.5 Å². The third-order valence-electron chi connectivity index (χ3n) is 3.75. The number of fused-ring (bicyclic) bond motifs is 1. The highest BCUT2D eigenvalue weighted by Crippen LogP contribution is 2.33. The van der Waals surface area contributed by atoms with Crippen molar-refractivity contribution in [1.29, 1.82) is 0 Å². The Morgan fingerprint density at radius 1 is 1.22 bits per heavy atom. The molecule has 1 atom stereocenters. The zero-order chi connectivity index (χ0) is 16.2. The third-order valence-corrected chi connectivity index (χ3v) is 3.75. The SMILES string of the molecule is CC(C)COc1ccc(CC2CNc3ccc(O)cc3O2)cc1. The molecule has 0 saturated carbocycles. The largest absolute Gasteiger partial charge is 0.508 e. The van der Waals surface area contributed by atoms with Crippen molar-refractivity contribution in [1.82, 2.24) is 0 Å². The molecule has 0 aliphatic carbocycles. The van der Waals surface area contributed by atoms with Gasteiger partial charge in [-0.15, -0.1) is 0 Å². The van der Waals surface area contributed by atoms with Crippen molar-refractivity contribution in [3.63, 3.8) is 0 Å². The van der Waals surface area contributed by atoms with Crippen LogP contribution in [-0.4, -0.2) is 24.4 Å². The summed E-state index contributed by atoms with van der Waals surface area (Å²) < 4.78 is 11.7. The fourth-order valence-electron chi connectivity index (χ4n) is 2.56. The van der Waals surface area contributed by atoms with E-state index in [-0.39, 0.29) is 11.9 Å². The summed E-state index contributed by atoms with van der Waals surface area (Å²) in [5.41, 5.74) is 2.13. The number of phenols is 1. The summed E-state index contributed by atoms with van der Waals surface area (Å²) in [5.74, 6) is 2.35. The molecule has 0 radical (unpaired) electrons. The zero-order valence-corrected chi connectivity index (χ0v) is 13.6. The van der Waals surface area contributed by atoms with Crippen molar-refractivity contribution in [3.05, 3.63) is 48.0 Å². The van der Waals surface area contributed by atoms with Crippen LogP contribution in [0, 0.1) is 5.92 Å². The number of anilines is 1. The van der Waals surface area contributed by atoms with Gasteiger partial charge in [0.15, 0.2) is 0 Å². The molecule has 0 fully saturated rings. The van der Waals surface area contributed by atoms with Crippen molar-refractivity contribution in [3.8, 4) is 17.2 Å². The molecule has 0 saturated heterocycles. The van der Waals surface area contributed by atoms with Crippen molar-refractivity contribution in [2.24, 2.45) is 5.92 Å². The predicted molar refractivity (Wildman–Crippen MR) is 91.5 cm³/mol. The predicted octanol–water partition coefficient (Wildman–Crippen LogP) is 3.84. The Kier molecular flexibility index (Phi) is 4.60. The second-order valence-electron chi connectivity index (χ2n) is 6.35. The van der Waals surface area contributed by atoms with Gasteiger partial charge < -0.3 is 19.9 Å². The van der Waals surface area contributed by atoms with Gasteiger partial charge in [-0.1, -0.05) is 26.0 Å². The van der Waals surface area contributed by atoms with Crippen LogP contribution in [0.15, 0.2) is 42.5 Å². The standard InChI is InChI=1S/C19H23NO3/c1-13(2)12-22-16-6-3-14(4-7-16)9-17-11-20-18-8-5-15(21)10-19(18)23-17/h3-8,10,13,17,20-21H,9,11-12H2,1-2H3. The molecule has 122 valence electrons.